The van der Waals surface area contributed by atoms with Gasteiger partial charge in [-0.05, 0) is 19.1 Å². The second-order valence-electron chi connectivity index (χ2n) is 3.04. The van der Waals surface area contributed by atoms with Crippen molar-refractivity contribution in [2.75, 3.05) is 5.73 Å². The molecule has 0 aliphatic rings. The van der Waals surface area contributed by atoms with Crippen LogP contribution in [0, 0.1) is 12.7 Å². The molecule has 0 spiro atoms. The van der Waals surface area contributed by atoms with Crippen LogP contribution >= 0.6 is 11.3 Å². The van der Waals surface area contributed by atoms with Gasteiger partial charge in [-0.3, -0.25) is 0 Å². The second-order valence-corrected chi connectivity index (χ2v) is 3.86. The third-order valence-corrected chi connectivity index (χ3v) is 2.60. The van der Waals surface area contributed by atoms with Crippen molar-refractivity contribution in [2.45, 2.75) is 6.92 Å². The first kappa shape index (κ1) is 9.92. The molecule has 5 heteroatoms. The molecule has 2 N–H and O–H groups in total. The maximum Gasteiger partial charge on any atom is 0.278 e. The average Bonchev–Trinajstić information content (AvgIpc) is 2.56. The quantitative estimate of drug-likeness (QED) is 0.798. The first-order chi connectivity index (χ1) is 7.15. The first-order valence-electron chi connectivity index (χ1n) is 4.30. The van der Waals surface area contributed by atoms with Crippen LogP contribution in [-0.4, -0.2) is 4.98 Å². The van der Waals surface area contributed by atoms with E-state index in [0.29, 0.717) is 10.9 Å². The average molecular weight is 224 g/mol. The molecular weight excluding hydrogens is 215 g/mol. The van der Waals surface area contributed by atoms with E-state index in [1.165, 1.54) is 29.5 Å². The molecule has 0 saturated carbocycles. The summed E-state index contributed by atoms with van der Waals surface area (Å²) >= 11 is 1.37. The third-order valence-electron chi connectivity index (χ3n) is 1.77. The largest absolute Gasteiger partial charge is 0.429 e. The smallest absolute Gasteiger partial charge is 0.278 e. The summed E-state index contributed by atoms with van der Waals surface area (Å²) in [7, 11) is 0. The van der Waals surface area contributed by atoms with Crippen molar-refractivity contribution in [3.8, 4) is 10.9 Å². The highest BCUT2D eigenvalue weighted by atomic mass is 32.1. The molecule has 3 nitrogen and oxygen atoms in total. The van der Waals surface area contributed by atoms with Crippen LogP contribution in [0.25, 0.3) is 0 Å². The van der Waals surface area contributed by atoms with Crippen LogP contribution in [0.3, 0.4) is 0 Å². The van der Waals surface area contributed by atoms with Crippen molar-refractivity contribution in [1.82, 2.24) is 4.98 Å². The number of rotatable bonds is 2. The van der Waals surface area contributed by atoms with Gasteiger partial charge in [-0.2, -0.15) is 0 Å². The Balaban J connectivity index is 2.24. The molecular formula is C10H9FN2OS. The number of hydrogen-bond acceptors (Lipinski definition) is 4. The van der Waals surface area contributed by atoms with Crippen LogP contribution in [0.4, 0.5) is 10.1 Å². The second kappa shape index (κ2) is 3.86. The highest BCUT2D eigenvalue weighted by molar-refractivity contribution is 7.11. The highest BCUT2D eigenvalue weighted by Crippen LogP contribution is 2.29. The number of nitrogen functional groups attached to an aromatic ring is 1. The number of benzene rings is 1. The lowest BCUT2D eigenvalue weighted by Crippen LogP contribution is -1.92. The minimum Gasteiger partial charge on any atom is -0.429 e. The summed E-state index contributed by atoms with van der Waals surface area (Å²) in [6.07, 6.45) is 0. The summed E-state index contributed by atoms with van der Waals surface area (Å²) in [5.74, 6) is 0.0425. The fourth-order valence-electron chi connectivity index (χ4n) is 1.09. The number of hydrogen-bond donors (Lipinski definition) is 1. The van der Waals surface area contributed by atoms with Gasteiger partial charge < -0.3 is 10.5 Å². The number of aryl methyl sites for hydroxylation is 1. The molecule has 0 unspecified atom stereocenters. The van der Waals surface area contributed by atoms with Crippen LogP contribution in [0.2, 0.25) is 0 Å². The summed E-state index contributed by atoms with van der Waals surface area (Å²) in [4.78, 5) is 4.12. The standard InChI is InChI=1S/C10H9FN2OS/c1-6-5-15-10(13-6)14-9-3-2-7(11)4-8(9)12/h2-5H,12H2,1H3. The molecule has 0 aliphatic carbocycles. The minimum atomic E-state index is -0.379. The molecule has 15 heavy (non-hydrogen) atoms. The summed E-state index contributed by atoms with van der Waals surface area (Å²) in [5, 5.41) is 2.38. The Kier molecular flexibility index (Phi) is 2.55. The fourth-order valence-corrected chi connectivity index (χ4v) is 1.74. The maximum absolute atomic E-state index is 12.7. The van der Waals surface area contributed by atoms with Crippen molar-refractivity contribution < 1.29 is 9.13 Å². The van der Waals surface area contributed by atoms with E-state index in [1.807, 2.05) is 12.3 Å². The number of nitrogens with zero attached hydrogens (tertiary/aromatic N) is 1. The molecule has 0 radical (unpaired) electrons. The lowest BCUT2D eigenvalue weighted by Gasteiger charge is -2.04. The Morgan fingerprint density at radius 3 is 2.87 bits per heavy atom. The zero-order valence-corrected chi connectivity index (χ0v) is 8.84. The van der Waals surface area contributed by atoms with Crippen LogP contribution < -0.4 is 10.5 Å². The molecule has 0 amide bonds. The predicted molar refractivity (Wildman–Crippen MR) is 57.7 cm³/mol. The Labute approximate surface area is 90.3 Å². The van der Waals surface area contributed by atoms with Crippen LogP contribution in [0.5, 0.6) is 10.9 Å². The monoisotopic (exact) mass is 224 g/mol. The molecule has 0 aliphatic heterocycles. The Morgan fingerprint density at radius 1 is 1.47 bits per heavy atom. The van der Waals surface area contributed by atoms with Gasteiger partial charge in [0.15, 0.2) is 5.75 Å². The van der Waals surface area contributed by atoms with Crippen molar-refractivity contribution in [3.63, 3.8) is 0 Å². The van der Waals surface area contributed by atoms with Crippen molar-refractivity contribution in [2.24, 2.45) is 0 Å². The molecule has 78 valence electrons. The lowest BCUT2D eigenvalue weighted by atomic mass is 10.3. The number of ether oxygens (including phenoxy) is 1. The van der Waals surface area contributed by atoms with Gasteiger partial charge in [-0.15, -0.1) is 0 Å². The maximum atomic E-state index is 12.7. The number of nitrogens with two attached hydrogens (primary N) is 1. The van der Waals surface area contributed by atoms with Crippen LogP contribution in [-0.2, 0) is 0 Å². The first-order valence-corrected chi connectivity index (χ1v) is 5.18. The van der Waals surface area contributed by atoms with Gasteiger partial charge >= 0.3 is 0 Å². The molecule has 2 aromatic rings. The number of anilines is 1. The van der Waals surface area contributed by atoms with E-state index in [-0.39, 0.29) is 11.5 Å². The number of thiazole rings is 1. The van der Waals surface area contributed by atoms with E-state index in [9.17, 15) is 4.39 Å². The van der Waals surface area contributed by atoms with Crippen molar-refractivity contribution >= 4 is 17.0 Å². The van der Waals surface area contributed by atoms with Gasteiger partial charge in [-0.25, -0.2) is 9.37 Å². The SMILES string of the molecule is Cc1csc(Oc2ccc(F)cc2N)n1. The normalized spacial score (nSPS) is 10.3. The van der Waals surface area contributed by atoms with Gasteiger partial charge in [0.05, 0.1) is 11.4 Å². The minimum absolute atomic E-state index is 0.267. The topological polar surface area (TPSA) is 48.1 Å². The van der Waals surface area contributed by atoms with Crippen molar-refractivity contribution in [1.29, 1.82) is 0 Å². The molecule has 0 fully saturated rings. The molecule has 0 saturated heterocycles. The van der Waals surface area contributed by atoms with Gasteiger partial charge in [0.25, 0.3) is 5.19 Å². The number of halogens is 1. The van der Waals surface area contributed by atoms with Gasteiger partial charge in [0.1, 0.15) is 5.82 Å². The van der Waals surface area contributed by atoms with Gasteiger partial charge in [0.2, 0.25) is 0 Å². The summed E-state index contributed by atoms with van der Waals surface area (Å²) < 4.78 is 18.1. The zero-order chi connectivity index (χ0) is 10.8. The van der Waals surface area contributed by atoms with Crippen LogP contribution in [0.15, 0.2) is 23.6 Å². The van der Waals surface area contributed by atoms with Crippen molar-refractivity contribution in [3.05, 3.63) is 35.1 Å². The molecule has 2 rings (SSSR count). The molecule has 1 heterocycles. The molecule has 1 aromatic heterocycles. The molecule has 0 atom stereocenters. The van der Waals surface area contributed by atoms with E-state index >= 15 is 0 Å². The zero-order valence-electron chi connectivity index (χ0n) is 8.03. The lowest BCUT2D eigenvalue weighted by molar-refractivity contribution is 0.478. The predicted octanol–water partition coefficient (Wildman–Crippen LogP) is 2.97. The van der Waals surface area contributed by atoms with E-state index in [1.54, 1.807) is 0 Å². The fraction of sp³-hybridized carbons (Fsp3) is 0.100. The Bertz CT molecular complexity index is 484. The Hall–Kier alpha value is -1.62. The van der Waals surface area contributed by atoms with Gasteiger partial charge in [-0.1, -0.05) is 11.3 Å². The summed E-state index contributed by atoms with van der Waals surface area (Å²) in [6.45, 7) is 1.87. The Morgan fingerprint density at radius 2 is 2.27 bits per heavy atom. The summed E-state index contributed by atoms with van der Waals surface area (Å²) in [6, 6.07) is 4.00. The van der Waals surface area contributed by atoms with E-state index in [2.05, 4.69) is 4.98 Å². The van der Waals surface area contributed by atoms with Gasteiger partial charge in [0, 0.05) is 11.4 Å². The number of aromatic nitrogens is 1. The van der Waals surface area contributed by atoms with Crippen LogP contribution in [0.1, 0.15) is 5.69 Å². The van der Waals surface area contributed by atoms with E-state index in [0.717, 1.165) is 5.69 Å². The molecule has 1 aromatic carbocycles. The highest BCUT2D eigenvalue weighted by Gasteiger charge is 2.05. The molecule has 0 bridgehead atoms. The van der Waals surface area contributed by atoms with E-state index < -0.39 is 0 Å². The third kappa shape index (κ3) is 2.24. The summed E-state index contributed by atoms with van der Waals surface area (Å²) in [5.41, 5.74) is 6.74. The van der Waals surface area contributed by atoms with E-state index in [4.69, 9.17) is 10.5 Å².